The zero-order chi connectivity index (χ0) is 24.5. The fourth-order valence-electron chi connectivity index (χ4n) is 4.85. The highest BCUT2D eigenvalue weighted by Crippen LogP contribution is 2.21. The first kappa shape index (κ1) is 24.7. The molecule has 4 heteroatoms. The molecule has 1 atom stereocenters. The van der Waals surface area contributed by atoms with Crippen molar-refractivity contribution in [2.45, 2.75) is 70.5 Å². The standard InChI is InChI=1S/C31H36N2O2/c1-24-16-18-25(19-17-24)20-21-30(34)33(23-27-12-6-3-7-13-27)29(22-26-10-4-2-5-11-26)31(35)32-28-14-8-9-15-28/h2-7,10-13,16-19,28-29H,8-9,14-15,20-23H2,1H3,(H,32,35)/t29-/m0/s1. The topological polar surface area (TPSA) is 49.4 Å². The van der Waals surface area contributed by atoms with E-state index in [2.05, 4.69) is 36.5 Å². The Bertz CT molecular complexity index is 1070. The van der Waals surface area contributed by atoms with Crippen LogP contribution in [0.1, 0.15) is 54.4 Å². The Morgan fingerprint density at radius 3 is 2.06 bits per heavy atom. The van der Waals surface area contributed by atoms with Crippen molar-refractivity contribution in [3.8, 4) is 0 Å². The molecule has 0 unspecified atom stereocenters. The van der Waals surface area contributed by atoms with Crippen LogP contribution in [0.15, 0.2) is 84.9 Å². The minimum Gasteiger partial charge on any atom is -0.352 e. The number of nitrogens with one attached hydrogen (secondary N) is 1. The number of hydrogen-bond donors (Lipinski definition) is 1. The summed E-state index contributed by atoms with van der Waals surface area (Å²) >= 11 is 0. The Morgan fingerprint density at radius 1 is 0.829 bits per heavy atom. The average molecular weight is 469 g/mol. The van der Waals surface area contributed by atoms with Crippen molar-refractivity contribution >= 4 is 11.8 Å². The van der Waals surface area contributed by atoms with Gasteiger partial charge in [-0.15, -0.1) is 0 Å². The highest BCUT2D eigenvalue weighted by molar-refractivity contribution is 5.88. The van der Waals surface area contributed by atoms with Crippen LogP contribution in [-0.4, -0.2) is 28.8 Å². The third kappa shape index (κ3) is 7.29. The van der Waals surface area contributed by atoms with E-state index in [-0.39, 0.29) is 17.9 Å². The molecule has 0 aromatic heterocycles. The molecule has 4 nitrogen and oxygen atoms in total. The van der Waals surface area contributed by atoms with Crippen LogP contribution in [0.4, 0.5) is 0 Å². The molecule has 1 N–H and O–H groups in total. The van der Waals surface area contributed by atoms with Crippen LogP contribution < -0.4 is 5.32 Å². The first-order valence-corrected chi connectivity index (χ1v) is 12.8. The van der Waals surface area contributed by atoms with Crippen molar-refractivity contribution in [1.82, 2.24) is 10.2 Å². The summed E-state index contributed by atoms with van der Waals surface area (Å²) in [5.41, 5.74) is 4.43. The Hall–Kier alpha value is -3.40. The maximum Gasteiger partial charge on any atom is 0.243 e. The molecule has 0 heterocycles. The van der Waals surface area contributed by atoms with Crippen LogP contribution >= 0.6 is 0 Å². The van der Waals surface area contributed by atoms with Gasteiger partial charge in [0, 0.05) is 25.4 Å². The lowest BCUT2D eigenvalue weighted by Gasteiger charge is -2.32. The fraction of sp³-hybridized carbons (Fsp3) is 0.355. The largest absolute Gasteiger partial charge is 0.352 e. The number of nitrogens with zero attached hydrogens (tertiary/aromatic N) is 1. The maximum atomic E-state index is 13.7. The Morgan fingerprint density at radius 2 is 1.43 bits per heavy atom. The minimum absolute atomic E-state index is 0.0110. The molecule has 35 heavy (non-hydrogen) atoms. The minimum atomic E-state index is -0.552. The van der Waals surface area contributed by atoms with Gasteiger partial charge in [-0.05, 0) is 42.9 Å². The first-order valence-electron chi connectivity index (χ1n) is 12.8. The van der Waals surface area contributed by atoms with Gasteiger partial charge in [-0.25, -0.2) is 0 Å². The predicted octanol–water partition coefficient (Wildman–Crippen LogP) is 5.63. The number of amides is 2. The second-order valence-electron chi connectivity index (χ2n) is 9.69. The number of benzene rings is 3. The van der Waals surface area contributed by atoms with Crippen LogP contribution in [-0.2, 0) is 29.0 Å². The van der Waals surface area contributed by atoms with Crippen LogP contribution in [0.3, 0.4) is 0 Å². The highest BCUT2D eigenvalue weighted by atomic mass is 16.2. The van der Waals surface area contributed by atoms with Gasteiger partial charge in [0.05, 0.1) is 0 Å². The monoisotopic (exact) mass is 468 g/mol. The summed E-state index contributed by atoms with van der Waals surface area (Å²) < 4.78 is 0. The zero-order valence-corrected chi connectivity index (χ0v) is 20.7. The fourth-order valence-corrected chi connectivity index (χ4v) is 4.85. The van der Waals surface area contributed by atoms with Gasteiger partial charge in [-0.1, -0.05) is 103 Å². The summed E-state index contributed by atoms with van der Waals surface area (Å²) in [6.07, 6.45) is 5.87. The van der Waals surface area contributed by atoms with E-state index in [1.54, 1.807) is 4.90 Å². The molecular weight excluding hydrogens is 432 g/mol. The third-order valence-corrected chi connectivity index (χ3v) is 6.92. The summed E-state index contributed by atoms with van der Waals surface area (Å²) in [6.45, 7) is 2.48. The van der Waals surface area contributed by atoms with Gasteiger partial charge in [0.2, 0.25) is 11.8 Å². The van der Waals surface area contributed by atoms with Crippen LogP contribution in [0.2, 0.25) is 0 Å². The molecular formula is C31H36N2O2. The van der Waals surface area contributed by atoms with Gasteiger partial charge in [-0.2, -0.15) is 0 Å². The van der Waals surface area contributed by atoms with Gasteiger partial charge in [0.15, 0.2) is 0 Å². The average Bonchev–Trinajstić information content (AvgIpc) is 3.40. The van der Waals surface area contributed by atoms with Crippen LogP contribution in [0.5, 0.6) is 0 Å². The normalized spacial score (nSPS) is 14.4. The van der Waals surface area contributed by atoms with Gasteiger partial charge in [-0.3, -0.25) is 9.59 Å². The van der Waals surface area contributed by atoms with Crippen LogP contribution in [0.25, 0.3) is 0 Å². The van der Waals surface area contributed by atoms with Gasteiger partial charge in [0.25, 0.3) is 0 Å². The number of carbonyl (C=O) groups is 2. The molecule has 4 rings (SSSR count). The van der Waals surface area contributed by atoms with Crippen LogP contribution in [0, 0.1) is 6.92 Å². The Balaban J connectivity index is 1.58. The molecule has 0 aliphatic heterocycles. The number of carbonyl (C=O) groups excluding carboxylic acids is 2. The Kier molecular flexibility index (Phi) is 8.72. The number of rotatable bonds is 10. The van der Waals surface area contributed by atoms with Gasteiger partial charge >= 0.3 is 0 Å². The highest BCUT2D eigenvalue weighted by Gasteiger charge is 2.31. The maximum absolute atomic E-state index is 13.7. The summed E-state index contributed by atoms with van der Waals surface area (Å²) in [6, 6.07) is 28.0. The third-order valence-electron chi connectivity index (χ3n) is 6.92. The summed E-state index contributed by atoms with van der Waals surface area (Å²) in [4.78, 5) is 29.2. The van der Waals surface area contributed by atoms with E-state index in [4.69, 9.17) is 0 Å². The predicted molar refractivity (Wildman–Crippen MR) is 141 cm³/mol. The van der Waals surface area contributed by atoms with Crippen molar-refractivity contribution in [2.75, 3.05) is 0 Å². The molecule has 2 amide bonds. The molecule has 0 radical (unpaired) electrons. The molecule has 3 aromatic carbocycles. The smallest absolute Gasteiger partial charge is 0.243 e. The van der Waals surface area contributed by atoms with E-state index in [0.29, 0.717) is 25.8 Å². The van der Waals surface area contributed by atoms with E-state index in [9.17, 15) is 9.59 Å². The molecule has 1 saturated carbocycles. The second-order valence-corrected chi connectivity index (χ2v) is 9.69. The lowest BCUT2D eigenvalue weighted by Crippen LogP contribution is -2.52. The lowest BCUT2D eigenvalue weighted by atomic mass is 10.0. The summed E-state index contributed by atoms with van der Waals surface area (Å²) in [5.74, 6) is -0.0303. The van der Waals surface area contributed by atoms with E-state index in [1.807, 2.05) is 60.7 Å². The number of aryl methyl sites for hydroxylation is 2. The van der Waals surface area contributed by atoms with Crippen molar-refractivity contribution in [1.29, 1.82) is 0 Å². The lowest BCUT2D eigenvalue weighted by molar-refractivity contribution is -0.141. The molecule has 1 aliphatic rings. The molecule has 1 aliphatic carbocycles. The zero-order valence-electron chi connectivity index (χ0n) is 20.7. The van der Waals surface area contributed by atoms with E-state index in [0.717, 1.165) is 42.4 Å². The summed E-state index contributed by atoms with van der Waals surface area (Å²) in [5, 5.41) is 3.27. The second kappa shape index (κ2) is 12.3. The van der Waals surface area contributed by atoms with E-state index < -0.39 is 6.04 Å². The molecule has 1 fully saturated rings. The molecule has 182 valence electrons. The quantitative estimate of drug-likeness (QED) is 0.419. The van der Waals surface area contributed by atoms with Crippen molar-refractivity contribution in [3.63, 3.8) is 0 Å². The first-order chi connectivity index (χ1) is 17.1. The van der Waals surface area contributed by atoms with E-state index >= 15 is 0 Å². The molecule has 3 aromatic rings. The van der Waals surface area contributed by atoms with Gasteiger partial charge < -0.3 is 10.2 Å². The van der Waals surface area contributed by atoms with Crippen molar-refractivity contribution in [3.05, 3.63) is 107 Å². The van der Waals surface area contributed by atoms with Crippen molar-refractivity contribution < 1.29 is 9.59 Å². The SMILES string of the molecule is Cc1ccc(CCC(=O)N(Cc2ccccc2)[C@@H](Cc2ccccc2)C(=O)NC2CCCC2)cc1. The van der Waals surface area contributed by atoms with E-state index in [1.165, 1.54) is 5.56 Å². The molecule has 0 spiro atoms. The van der Waals surface area contributed by atoms with Crippen molar-refractivity contribution in [2.24, 2.45) is 0 Å². The molecule has 0 bridgehead atoms. The molecule has 0 saturated heterocycles. The van der Waals surface area contributed by atoms with Gasteiger partial charge in [0.1, 0.15) is 6.04 Å². The number of hydrogen-bond acceptors (Lipinski definition) is 2. The summed E-state index contributed by atoms with van der Waals surface area (Å²) in [7, 11) is 0. The Labute approximate surface area is 209 Å².